The van der Waals surface area contributed by atoms with E-state index in [-0.39, 0.29) is 12.6 Å². The quantitative estimate of drug-likeness (QED) is 0.821. The Kier molecular flexibility index (Phi) is 4.37. The van der Waals surface area contributed by atoms with Crippen molar-refractivity contribution < 1.29 is 5.11 Å². The molecule has 0 saturated heterocycles. The Bertz CT molecular complexity index is 248. The molecule has 0 spiro atoms. The van der Waals surface area contributed by atoms with Crippen LogP contribution in [0.1, 0.15) is 13.3 Å². The van der Waals surface area contributed by atoms with Crippen LogP contribution in [0.15, 0.2) is 12.4 Å². The summed E-state index contributed by atoms with van der Waals surface area (Å²) in [6.45, 7) is 2.10. The van der Waals surface area contributed by atoms with Crippen LogP contribution in [-0.4, -0.2) is 27.7 Å². The van der Waals surface area contributed by atoms with Crippen LogP contribution >= 0.6 is 22.6 Å². The maximum absolute atomic E-state index is 8.92. The number of aliphatic hydroxyl groups excluding tert-OH is 1. The summed E-state index contributed by atoms with van der Waals surface area (Å²) >= 11 is 2.15. The van der Waals surface area contributed by atoms with Crippen molar-refractivity contribution in [1.29, 1.82) is 0 Å². The van der Waals surface area contributed by atoms with Gasteiger partial charge >= 0.3 is 0 Å². The van der Waals surface area contributed by atoms with E-state index in [4.69, 9.17) is 5.11 Å². The normalized spacial score (nSPS) is 12.5. The van der Waals surface area contributed by atoms with Gasteiger partial charge in [0.25, 0.3) is 0 Å². The number of nitrogens with one attached hydrogen (secondary N) is 1. The van der Waals surface area contributed by atoms with Gasteiger partial charge in [-0.2, -0.15) is 0 Å². The van der Waals surface area contributed by atoms with Crippen molar-refractivity contribution in [2.75, 3.05) is 11.9 Å². The first-order chi connectivity index (χ1) is 6.26. The lowest BCUT2D eigenvalue weighted by atomic mass is 10.2. The SMILES string of the molecule is CC[C@H](CO)Nc1ncc(I)cn1. The van der Waals surface area contributed by atoms with Crippen LogP contribution in [0, 0.1) is 3.57 Å². The van der Waals surface area contributed by atoms with E-state index < -0.39 is 0 Å². The van der Waals surface area contributed by atoms with Gasteiger partial charge in [-0.25, -0.2) is 9.97 Å². The number of aliphatic hydroxyl groups is 1. The third-order valence-electron chi connectivity index (χ3n) is 1.67. The Hall–Kier alpha value is -0.430. The molecule has 0 amide bonds. The Labute approximate surface area is 90.9 Å². The van der Waals surface area contributed by atoms with Crippen molar-refractivity contribution in [2.24, 2.45) is 0 Å². The number of nitrogens with zero attached hydrogens (tertiary/aromatic N) is 2. The minimum absolute atomic E-state index is 0.0417. The summed E-state index contributed by atoms with van der Waals surface area (Å²) in [7, 11) is 0. The first kappa shape index (κ1) is 10.6. The molecule has 5 heteroatoms. The molecule has 2 N–H and O–H groups in total. The Morgan fingerprint density at radius 1 is 1.54 bits per heavy atom. The molecule has 0 radical (unpaired) electrons. The summed E-state index contributed by atoms with van der Waals surface area (Å²) in [6.07, 6.45) is 4.33. The zero-order valence-corrected chi connectivity index (χ0v) is 9.52. The molecule has 0 fully saturated rings. The average molecular weight is 293 g/mol. The van der Waals surface area contributed by atoms with Crippen molar-refractivity contribution in [1.82, 2.24) is 9.97 Å². The second-order valence-electron chi connectivity index (χ2n) is 2.66. The van der Waals surface area contributed by atoms with E-state index in [1.54, 1.807) is 12.4 Å². The van der Waals surface area contributed by atoms with Gasteiger partial charge in [-0.05, 0) is 29.0 Å². The predicted molar refractivity (Wildman–Crippen MR) is 59.5 cm³/mol. The molecule has 0 aliphatic carbocycles. The molecule has 1 heterocycles. The lowest BCUT2D eigenvalue weighted by molar-refractivity contribution is 0.271. The molecule has 4 nitrogen and oxygen atoms in total. The lowest BCUT2D eigenvalue weighted by Crippen LogP contribution is -2.23. The fraction of sp³-hybridized carbons (Fsp3) is 0.500. The molecule has 1 rings (SSSR count). The van der Waals surface area contributed by atoms with Gasteiger partial charge in [0.1, 0.15) is 0 Å². The van der Waals surface area contributed by atoms with Crippen LogP contribution < -0.4 is 5.32 Å². The van der Waals surface area contributed by atoms with E-state index in [2.05, 4.69) is 37.9 Å². The van der Waals surface area contributed by atoms with E-state index in [0.717, 1.165) is 9.99 Å². The summed E-state index contributed by atoms with van der Waals surface area (Å²) in [5.41, 5.74) is 0. The largest absolute Gasteiger partial charge is 0.394 e. The minimum Gasteiger partial charge on any atom is -0.394 e. The Morgan fingerprint density at radius 2 is 2.15 bits per heavy atom. The van der Waals surface area contributed by atoms with Crippen molar-refractivity contribution in [2.45, 2.75) is 19.4 Å². The molecule has 0 aliphatic heterocycles. The fourth-order valence-electron chi connectivity index (χ4n) is 0.846. The van der Waals surface area contributed by atoms with E-state index >= 15 is 0 Å². The molecule has 1 aromatic rings. The minimum atomic E-state index is 0.0417. The first-order valence-electron chi connectivity index (χ1n) is 4.11. The van der Waals surface area contributed by atoms with Crippen LogP contribution in [-0.2, 0) is 0 Å². The Morgan fingerprint density at radius 3 is 2.62 bits per heavy atom. The molecule has 0 aliphatic rings. The number of halogens is 1. The molecule has 72 valence electrons. The monoisotopic (exact) mass is 293 g/mol. The number of anilines is 1. The molecule has 1 atom stereocenters. The number of hydrogen-bond acceptors (Lipinski definition) is 4. The number of hydrogen-bond donors (Lipinski definition) is 2. The van der Waals surface area contributed by atoms with Crippen molar-refractivity contribution in [3.8, 4) is 0 Å². The molecule has 0 saturated carbocycles. The van der Waals surface area contributed by atoms with Crippen LogP contribution in [0.4, 0.5) is 5.95 Å². The summed E-state index contributed by atoms with van der Waals surface area (Å²) in [6, 6.07) is 0.0417. The standard InChI is InChI=1S/C8H12IN3O/c1-2-7(5-13)12-8-10-3-6(9)4-11-8/h3-4,7,13H,2,5H2,1H3,(H,10,11,12)/t7-/m1/s1. The van der Waals surface area contributed by atoms with Gasteiger partial charge in [0.05, 0.1) is 12.6 Å². The van der Waals surface area contributed by atoms with Crippen LogP contribution in [0.25, 0.3) is 0 Å². The third-order valence-corrected chi connectivity index (χ3v) is 2.22. The molecule has 1 aromatic heterocycles. The van der Waals surface area contributed by atoms with Crippen LogP contribution in [0.3, 0.4) is 0 Å². The lowest BCUT2D eigenvalue weighted by Gasteiger charge is -2.12. The van der Waals surface area contributed by atoms with E-state index in [9.17, 15) is 0 Å². The molecule has 0 bridgehead atoms. The fourth-order valence-corrected chi connectivity index (χ4v) is 1.12. The molecular formula is C8H12IN3O. The van der Waals surface area contributed by atoms with Crippen LogP contribution in [0.2, 0.25) is 0 Å². The highest BCUT2D eigenvalue weighted by molar-refractivity contribution is 14.1. The van der Waals surface area contributed by atoms with Crippen molar-refractivity contribution in [3.63, 3.8) is 0 Å². The maximum Gasteiger partial charge on any atom is 0.222 e. The number of rotatable bonds is 4. The summed E-state index contributed by atoms with van der Waals surface area (Å²) in [5, 5.41) is 12.0. The zero-order chi connectivity index (χ0) is 9.68. The topological polar surface area (TPSA) is 58.0 Å². The summed E-state index contributed by atoms with van der Waals surface area (Å²) in [4.78, 5) is 8.15. The van der Waals surface area contributed by atoms with E-state index in [0.29, 0.717) is 5.95 Å². The molecule has 13 heavy (non-hydrogen) atoms. The second-order valence-corrected chi connectivity index (χ2v) is 3.90. The average Bonchev–Trinajstić information content (AvgIpc) is 2.17. The molecular weight excluding hydrogens is 281 g/mol. The van der Waals surface area contributed by atoms with Gasteiger partial charge in [0, 0.05) is 16.0 Å². The summed E-state index contributed by atoms with van der Waals surface area (Å²) < 4.78 is 1.00. The van der Waals surface area contributed by atoms with E-state index in [1.807, 2.05) is 6.92 Å². The van der Waals surface area contributed by atoms with E-state index in [1.165, 1.54) is 0 Å². The first-order valence-corrected chi connectivity index (χ1v) is 5.19. The predicted octanol–water partition coefficient (Wildman–Crippen LogP) is 1.26. The highest BCUT2D eigenvalue weighted by Crippen LogP contribution is 2.05. The van der Waals surface area contributed by atoms with Gasteiger partial charge in [0.15, 0.2) is 0 Å². The van der Waals surface area contributed by atoms with Gasteiger partial charge in [-0.15, -0.1) is 0 Å². The Balaban J connectivity index is 2.58. The van der Waals surface area contributed by atoms with Gasteiger partial charge in [-0.3, -0.25) is 0 Å². The summed E-state index contributed by atoms with van der Waals surface area (Å²) in [5.74, 6) is 0.571. The third kappa shape index (κ3) is 3.43. The highest BCUT2D eigenvalue weighted by Gasteiger charge is 2.04. The van der Waals surface area contributed by atoms with Crippen molar-refractivity contribution in [3.05, 3.63) is 16.0 Å². The maximum atomic E-state index is 8.92. The van der Waals surface area contributed by atoms with Gasteiger partial charge in [0.2, 0.25) is 5.95 Å². The van der Waals surface area contributed by atoms with Gasteiger partial charge < -0.3 is 10.4 Å². The zero-order valence-electron chi connectivity index (χ0n) is 7.37. The van der Waals surface area contributed by atoms with Crippen molar-refractivity contribution >= 4 is 28.5 Å². The van der Waals surface area contributed by atoms with Gasteiger partial charge in [-0.1, -0.05) is 6.92 Å². The molecule has 0 aromatic carbocycles. The van der Waals surface area contributed by atoms with Crippen LogP contribution in [0.5, 0.6) is 0 Å². The second kappa shape index (κ2) is 5.33. The number of aromatic nitrogens is 2. The molecule has 0 unspecified atom stereocenters. The highest BCUT2D eigenvalue weighted by atomic mass is 127. The smallest absolute Gasteiger partial charge is 0.222 e.